The third kappa shape index (κ3) is 4.04. The van der Waals surface area contributed by atoms with E-state index >= 15 is 0 Å². The average Bonchev–Trinajstić information content (AvgIpc) is 2.16. The molecule has 0 bridgehead atoms. The molecule has 7 heteroatoms. The first-order valence-corrected chi connectivity index (χ1v) is 6.54. The standard InChI is InChI=1S/C8H20N4O2S/c1-8(9)7-10-15(13,14)12-5-3-11(2)4-6-12/h8,10H,3-7,9H2,1-2H3. The largest absolute Gasteiger partial charge is 0.327 e. The van der Waals surface area contributed by atoms with Crippen molar-refractivity contribution in [3.05, 3.63) is 0 Å². The lowest BCUT2D eigenvalue weighted by atomic mass is 10.4. The highest BCUT2D eigenvalue weighted by molar-refractivity contribution is 7.87. The van der Waals surface area contributed by atoms with Gasteiger partial charge in [-0.2, -0.15) is 12.7 Å². The fourth-order valence-corrected chi connectivity index (χ4v) is 2.66. The van der Waals surface area contributed by atoms with Crippen LogP contribution in [0.1, 0.15) is 6.92 Å². The smallest absolute Gasteiger partial charge is 0.279 e. The number of hydrogen-bond donors (Lipinski definition) is 2. The number of piperazine rings is 1. The Morgan fingerprint density at radius 1 is 1.33 bits per heavy atom. The molecule has 1 aliphatic rings. The van der Waals surface area contributed by atoms with Crippen LogP contribution in [0.15, 0.2) is 0 Å². The Labute approximate surface area is 91.6 Å². The molecule has 1 aliphatic heterocycles. The molecule has 90 valence electrons. The van der Waals surface area contributed by atoms with Gasteiger partial charge < -0.3 is 10.6 Å². The lowest BCUT2D eigenvalue weighted by Crippen LogP contribution is -2.52. The monoisotopic (exact) mass is 236 g/mol. The van der Waals surface area contributed by atoms with Gasteiger partial charge in [0.15, 0.2) is 0 Å². The van der Waals surface area contributed by atoms with Gasteiger partial charge in [-0.25, -0.2) is 4.72 Å². The minimum Gasteiger partial charge on any atom is -0.327 e. The molecule has 1 heterocycles. The number of rotatable bonds is 4. The van der Waals surface area contributed by atoms with Crippen LogP contribution in [-0.4, -0.2) is 63.4 Å². The van der Waals surface area contributed by atoms with Crippen LogP contribution in [0, 0.1) is 0 Å². The van der Waals surface area contributed by atoms with Gasteiger partial charge in [0.2, 0.25) is 0 Å². The van der Waals surface area contributed by atoms with Gasteiger partial charge in [0, 0.05) is 38.8 Å². The molecule has 1 unspecified atom stereocenters. The number of hydrogen-bond acceptors (Lipinski definition) is 4. The zero-order chi connectivity index (χ0) is 11.5. The second-order valence-electron chi connectivity index (χ2n) is 4.03. The van der Waals surface area contributed by atoms with E-state index < -0.39 is 10.2 Å². The zero-order valence-corrected chi connectivity index (χ0v) is 10.1. The van der Waals surface area contributed by atoms with Crippen molar-refractivity contribution in [2.75, 3.05) is 39.8 Å². The maximum absolute atomic E-state index is 11.7. The van der Waals surface area contributed by atoms with E-state index in [2.05, 4.69) is 9.62 Å². The van der Waals surface area contributed by atoms with Crippen LogP contribution >= 0.6 is 0 Å². The van der Waals surface area contributed by atoms with Gasteiger partial charge in [0.25, 0.3) is 10.2 Å². The van der Waals surface area contributed by atoms with E-state index in [9.17, 15) is 8.42 Å². The first-order valence-electron chi connectivity index (χ1n) is 5.10. The average molecular weight is 236 g/mol. The Morgan fingerprint density at radius 2 is 1.87 bits per heavy atom. The van der Waals surface area contributed by atoms with Gasteiger partial charge in [-0.3, -0.25) is 0 Å². The molecule has 0 saturated carbocycles. The minimum absolute atomic E-state index is 0.160. The van der Waals surface area contributed by atoms with E-state index in [1.54, 1.807) is 6.92 Å². The molecule has 15 heavy (non-hydrogen) atoms. The molecule has 1 saturated heterocycles. The normalized spacial score (nSPS) is 22.9. The van der Waals surface area contributed by atoms with Crippen LogP contribution in [0.3, 0.4) is 0 Å². The SMILES string of the molecule is CC(N)CNS(=O)(=O)N1CCN(C)CC1. The van der Waals surface area contributed by atoms with Crippen molar-refractivity contribution in [2.24, 2.45) is 5.73 Å². The highest BCUT2D eigenvalue weighted by Gasteiger charge is 2.25. The second kappa shape index (κ2) is 5.22. The van der Waals surface area contributed by atoms with Crippen LogP contribution in [0.4, 0.5) is 0 Å². The molecular formula is C8H20N4O2S. The Hall–Kier alpha value is -0.210. The Balaban J connectivity index is 2.47. The summed E-state index contributed by atoms with van der Waals surface area (Å²) in [6.45, 7) is 4.70. The Morgan fingerprint density at radius 3 is 2.33 bits per heavy atom. The van der Waals surface area contributed by atoms with Gasteiger partial charge in [-0.15, -0.1) is 0 Å². The molecule has 0 radical (unpaired) electrons. The summed E-state index contributed by atoms with van der Waals surface area (Å²) in [4.78, 5) is 2.11. The van der Waals surface area contributed by atoms with Crippen molar-refractivity contribution in [1.29, 1.82) is 0 Å². The fraction of sp³-hybridized carbons (Fsp3) is 1.00. The zero-order valence-electron chi connectivity index (χ0n) is 9.31. The summed E-state index contributed by atoms with van der Waals surface area (Å²) >= 11 is 0. The van der Waals surface area contributed by atoms with E-state index in [0.29, 0.717) is 13.1 Å². The third-order valence-corrected chi connectivity index (χ3v) is 3.97. The first-order chi connectivity index (χ1) is 6.92. The highest BCUT2D eigenvalue weighted by atomic mass is 32.2. The van der Waals surface area contributed by atoms with E-state index in [1.807, 2.05) is 7.05 Å². The fourth-order valence-electron chi connectivity index (χ4n) is 1.36. The summed E-state index contributed by atoms with van der Waals surface area (Å²) in [5.74, 6) is 0. The predicted molar refractivity (Wildman–Crippen MR) is 59.6 cm³/mol. The maximum atomic E-state index is 11.7. The molecule has 0 aromatic carbocycles. The molecule has 0 aromatic rings. The van der Waals surface area contributed by atoms with Gasteiger partial charge in [-0.05, 0) is 14.0 Å². The summed E-state index contributed by atoms with van der Waals surface area (Å²) < 4.78 is 27.4. The van der Waals surface area contributed by atoms with Crippen molar-refractivity contribution < 1.29 is 8.42 Å². The molecule has 0 aliphatic carbocycles. The summed E-state index contributed by atoms with van der Waals surface area (Å²) in [6, 6.07) is -0.160. The molecule has 0 amide bonds. The van der Waals surface area contributed by atoms with Gasteiger partial charge >= 0.3 is 0 Å². The second-order valence-corrected chi connectivity index (χ2v) is 5.79. The highest BCUT2D eigenvalue weighted by Crippen LogP contribution is 2.03. The van der Waals surface area contributed by atoms with Gasteiger partial charge in [0.1, 0.15) is 0 Å². The molecule has 0 aromatic heterocycles. The minimum atomic E-state index is -3.33. The number of nitrogens with two attached hydrogens (primary N) is 1. The lowest BCUT2D eigenvalue weighted by Gasteiger charge is -2.31. The molecule has 1 rings (SSSR count). The van der Waals surface area contributed by atoms with Crippen molar-refractivity contribution >= 4 is 10.2 Å². The quantitative estimate of drug-likeness (QED) is 0.617. The maximum Gasteiger partial charge on any atom is 0.279 e. The van der Waals surface area contributed by atoms with Gasteiger partial charge in [0.05, 0.1) is 0 Å². The molecular weight excluding hydrogens is 216 g/mol. The van der Waals surface area contributed by atoms with Crippen LogP contribution in [0.5, 0.6) is 0 Å². The Kier molecular flexibility index (Phi) is 4.47. The third-order valence-electron chi connectivity index (χ3n) is 2.39. The number of likely N-dealkylation sites (N-methyl/N-ethyl adjacent to an activating group) is 1. The Bertz CT molecular complexity index is 283. The van der Waals surface area contributed by atoms with E-state index in [4.69, 9.17) is 5.73 Å². The topological polar surface area (TPSA) is 78.7 Å². The van der Waals surface area contributed by atoms with Crippen molar-refractivity contribution in [3.63, 3.8) is 0 Å². The summed E-state index contributed by atoms with van der Waals surface area (Å²) in [6.07, 6.45) is 0. The van der Waals surface area contributed by atoms with Crippen molar-refractivity contribution in [3.8, 4) is 0 Å². The molecule has 1 fully saturated rings. The number of nitrogens with one attached hydrogen (secondary N) is 1. The van der Waals surface area contributed by atoms with Gasteiger partial charge in [-0.1, -0.05) is 0 Å². The summed E-state index contributed by atoms with van der Waals surface area (Å²) in [5.41, 5.74) is 5.50. The first kappa shape index (κ1) is 12.9. The molecule has 1 atom stereocenters. The van der Waals surface area contributed by atoms with Crippen LogP contribution in [0.2, 0.25) is 0 Å². The van der Waals surface area contributed by atoms with E-state index in [-0.39, 0.29) is 12.6 Å². The lowest BCUT2D eigenvalue weighted by molar-refractivity contribution is 0.221. The molecule has 6 nitrogen and oxygen atoms in total. The van der Waals surface area contributed by atoms with Crippen LogP contribution < -0.4 is 10.5 Å². The van der Waals surface area contributed by atoms with E-state index in [1.165, 1.54) is 4.31 Å². The molecule has 3 N–H and O–H groups in total. The summed E-state index contributed by atoms with van der Waals surface area (Å²) in [5, 5.41) is 0. The predicted octanol–water partition coefficient (Wildman–Crippen LogP) is -1.58. The van der Waals surface area contributed by atoms with Crippen molar-refractivity contribution in [1.82, 2.24) is 13.9 Å². The van der Waals surface area contributed by atoms with Crippen molar-refractivity contribution in [2.45, 2.75) is 13.0 Å². The molecule has 0 spiro atoms. The number of nitrogens with zero attached hydrogens (tertiary/aromatic N) is 2. The van der Waals surface area contributed by atoms with E-state index in [0.717, 1.165) is 13.1 Å². The van der Waals surface area contributed by atoms with Crippen LogP contribution in [-0.2, 0) is 10.2 Å². The summed E-state index contributed by atoms with van der Waals surface area (Å²) in [7, 11) is -1.34. The van der Waals surface area contributed by atoms with Crippen LogP contribution in [0.25, 0.3) is 0 Å².